The molecule has 2 nitrogen and oxygen atoms in total. The fourth-order valence-electron chi connectivity index (χ4n) is 2.38. The van der Waals surface area contributed by atoms with Crippen molar-refractivity contribution in [3.8, 4) is 11.5 Å². The number of halogens is 2. The Balaban J connectivity index is 2.18. The number of allylic oxidation sites excluding steroid dienone is 1. The summed E-state index contributed by atoms with van der Waals surface area (Å²) < 4.78 is 32.6. The number of hydrogen-bond acceptors (Lipinski definition) is 2. The van der Waals surface area contributed by atoms with Crippen molar-refractivity contribution in [3.63, 3.8) is 0 Å². The van der Waals surface area contributed by atoms with E-state index >= 15 is 0 Å². The van der Waals surface area contributed by atoms with Gasteiger partial charge in [-0.25, -0.2) is 8.78 Å². The van der Waals surface area contributed by atoms with Crippen molar-refractivity contribution in [1.29, 1.82) is 0 Å². The van der Waals surface area contributed by atoms with Crippen LogP contribution in [0.3, 0.4) is 0 Å². The molecule has 1 heterocycles. The Morgan fingerprint density at radius 1 is 1.05 bits per heavy atom. The number of rotatable bonds is 1. The summed E-state index contributed by atoms with van der Waals surface area (Å²) >= 11 is 0. The molecule has 1 aliphatic rings. The zero-order valence-electron chi connectivity index (χ0n) is 10.8. The second kappa shape index (κ2) is 4.63. The van der Waals surface area contributed by atoms with Crippen LogP contribution in [0.5, 0.6) is 11.5 Å². The van der Waals surface area contributed by atoms with Crippen LogP contribution in [0.15, 0.2) is 36.4 Å². The first-order valence-electron chi connectivity index (χ1n) is 6.18. The predicted molar refractivity (Wildman–Crippen MR) is 72.4 cm³/mol. The first kappa shape index (κ1) is 12.7. The Morgan fingerprint density at radius 3 is 2.45 bits per heavy atom. The smallest absolute Gasteiger partial charge is 0.176 e. The van der Waals surface area contributed by atoms with Gasteiger partial charge in [0, 0.05) is 5.57 Å². The second-order valence-corrected chi connectivity index (χ2v) is 4.67. The molecule has 0 unspecified atom stereocenters. The van der Waals surface area contributed by atoms with E-state index in [4.69, 9.17) is 4.74 Å². The number of benzene rings is 2. The summed E-state index contributed by atoms with van der Waals surface area (Å²) in [6, 6.07) is 8.77. The lowest BCUT2D eigenvalue weighted by Crippen LogP contribution is -2.11. The van der Waals surface area contributed by atoms with E-state index in [-0.39, 0.29) is 18.0 Å². The van der Waals surface area contributed by atoms with Crippen LogP contribution in [0.1, 0.15) is 18.1 Å². The molecule has 0 radical (unpaired) electrons. The molecule has 0 aliphatic carbocycles. The van der Waals surface area contributed by atoms with Crippen molar-refractivity contribution in [3.05, 3.63) is 59.2 Å². The third kappa shape index (κ3) is 1.93. The molecule has 2 aromatic carbocycles. The number of fused-ring (bicyclic) bond motifs is 1. The van der Waals surface area contributed by atoms with Gasteiger partial charge in [0.25, 0.3) is 0 Å². The van der Waals surface area contributed by atoms with Gasteiger partial charge in [0.2, 0.25) is 0 Å². The van der Waals surface area contributed by atoms with E-state index in [1.165, 1.54) is 18.2 Å². The van der Waals surface area contributed by atoms with Crippen LogP contribution in [0.25, 0.3) is 11.1 Å². The van der Waals surface area contributed by atoms with Gasteiger partial charge in [-0.3, -0.25) is 0 Å². The minimum absolute atomic E-state index is 0.260. The minimum Gasteiger partial charge on any atom is -0.505 e. The van der Waals surface area contributed by atoms with E-state index in [2.05, 4.69) is 0 Å². The number of aromatic hydroxyl groups is 1. The first-order valence-corrected chi connectivity index (χ1v) is 6.18. The fourth-order valence-corrected chi connectivity index (χ4v) is 2.38. The summed E-state index contributed by atoms with van der Waals surface area (Å²) in [6.07, 6.45) is 0. The molecule has 102 valence electrons. The van der Waals surface area contributed by atoms with Crippen molar-refractivity contribution in [1.82, 2.24) is 0 Å². The molecule has 0 saturated carbocycles. The highest BCUT2D eigenvalue weighted by Crippen LogP contribution is 2.40. The molecule has 0 bridgehead atoms. The minimum atomic E-state index is -0.695. The largest absolute Gasteiger partial charge is 0.505 e. The molecule has 0 aromatic heterocycles. The molecule has 1 N–H and O–H groups in total. The lowest BCUT2D eigenvalue weighted by Gasteiger charge is -2.23. The van der Waals surface area contributed by atoms with Crippen molar-refractivity contribution in [2.45, 2.75) is 6.92 Å². The van der Waals surface area contributed by atoms with E-state index in [9.17, 15) is 13.9 Å². The van der Waals surface area contributed by atoms with E-state index < -0.39 is 11.6 Å². The Bertz CT molecular complexity index is 703. The maximum absolute atomic E-state index is 14.1. The van der Waals surface area contributed by atoms with E-state index in [0.29, 0.717) is 11.3 Å². The van der Waals surface area contributed by atoms with Gasteiger partial charge in [0.15, 0.2) is 11.6 Å². The summed E-state index contributed by atoms with van der Waals surface area (Å²) in [5, 5.41) is 9.48. The van der Waals surface area contributed by atoms with Crippen molar-refractivity contribution >= 4 is 11.1 Å². The highest BCUT2D eigenvalue weighted by Gasteiger charge is 2.23. The quantitative estimate of drug-likeness (QED) is 0.852. The Labute approximate surface area is 114 Å². The van der Waals surface area contributed by atoms with Crippen LogP contribution >= 0.6 is 0 Å². The fraction of sp³-hybridized carbons (Fsp3) is 0.125. The van der Waals surface area contributed by atoms with Gasteiger partial charge in [-0.15, -0.1) is 0 Å². The lowest BCUT2D eigenvalue weighted by molar-refractivity contribution is 0.356. The van der Waals surface area contributed by atoms with Crippen LogP contribution in [0.2, 0.25) is 0 Å². The molecular formula is C16H12F2O2. The van der Waals surface area contributed by atoms with Gasteiger partial charge >= 0.3 is 0 Å². The molecule has 4 heteroatoms. The normalized spacial score (nSPS) is 13.9. The highest BCUT2D eigenvalue weighted by molar-refractivity contribution is 5.94. The van der Waals surface area contributed by atoms with Crippen LogP contribution in [0.4, 0.5) is 8.78 Å². The summed E-state index contributed by atoms with van der Waals surface area (Å²) in [5.41, 5.74) is 2.50. The maximum atomic E-state index is 14.1. The summed E-state index contributed by atoms with van der Waals surface area (Å²) in [7, 11) is 0. The monoisotopic (exact) mass is 274 g/mol. The van der Waals surface area contributed by atoms with Crippen molar-refractivity contribution in [2.75, 3.05) is 6.61 Å². The average Bonchev–Trinajstić information content (AvgIpc) is 2.44. The number of ether oxygens (including phenoxy) is 1. The average molecular weight is 274 g/mol. The Morgan fingerprint density at radius 2 is 1.75 bits per heavy atom. The highest BCUT2D eigenvalue weighted by atomic mass is 19.1. The first-order chi connectivity index (χ1) is 9.58. The van der Waals surface area contributed by atoms with E-state index in [0.717, 1.165) is 11.1 Å². The van der Waals surface area contributed by atoms with E-state index in [1.54, 1.807) is 25.1 Å². The summed E-state index contributed by atoms with van der Waals surface area (Å²) in [4.78, 5) is 0. The molecule has 20 heavy (non-hydrogen) atoms. The molecule has 0 saturated heterocycles. The van der Waals surface area contributed by atoms with Crippen LogP contribution in [-0.2, 0) is 0 Å². The maximum Gasteiger partial charge on any atom is 0.176 e. The van der Waals surface area contributed by atoms with Crippen LogP contribution < -0.4 is 4.74 Å². The number of phenols is 1. The van der Waals surface area contributed by atoms with Crippen molar-refractivity contribution < 1.29 is 18.6 Å². The molecule has 0 atom stereocenters. The predicted octanol–water partition coefficient (Wildman–Crippen LogP) is 3.99. The van der Waals surface area contributed by atoms with Gasteiger partial charge in [-0.1, -0.05) is 12.1 Å². The van der Waals surface area contributed by atoms with Gasteiger partial charge in [-0.05, 0) is 42.3 Å². The Hall–Kier alpha value is -2.36. The summed E-state index contributed by atoms with van der Waals surface area (Å²) in [5.74, 6) is -1.03. The van der Waals surface area contributed by atoms with Gasteiger partial charge in [-0.2, -0.15) is 0 Å². The molecule has 0 amide bonds. The topological polar surface area (TPSA) is 29.5 Å². The molecule has 0 spiro atoms. The third-order valence-electron chi connectivity index (χ3n) is 3.48. The lowest BCUT2D eigenvalue weighted by atomic mass is 9.93. The second-order valence-electron chi connectivity index (χ2n) is 4.67. The van der Waals surface area contributed by atoms with Crippen molar-refractivity contribution in [2.24, 2.45) is 0 Å². The zero-order valence-corrected chi connectivity index (χ0v) is 10.8. The molecule has 3 rings (SSSR count). The van der Waals surface area contributed by atoms with Gasteiger partial charge < -0.3 is 9.84 Å². The number of phenolic OH excluding ortho intramolecular Hbond substituents is 1. The summed E-state index contributed by atoms with van der Waals surface area (Å²) in [6.45, 7) is 2.05. The van der Waals surface area contributed by atoms with E-state index in [1.807, 2.05) is 0 Å². The van der Waals surface area contributed by atoms with Gasteiger partial charge in [0.1, 0.15) is 18.2 Å². The molecule has 0 fully saturated rings. The standard InChI is InChI=1S/C16H12F2O2/c1-9-12(10-2-4-11(17)5-3-10)8-20-14-7-6-13(19)16(18)15(9)14/h2-7,19H,8H2,1H3. The molecular weight excluding hydrogens is 262 g/mol. The third-order valence-corrected chi connectivity index (χ3v) is 3.48. The van der Waals surface area contributed by atoms with Crippen LogP contribution in [-0.4, -0.2) is 11.7 Å². The zero-order chi connectivity index (χ0) is 14.3. The molecule has 2 aromatic rings. The SMILES string of the molecule is CC1=C(c2ccc(F)cc2)COc2ccc(O)c(F)c21. The Kier molecular flexibility index (Phi) is 2.93. The van der Waals surface area contributed by atoms with Gasteiger partial charge in [0.05, 0.1) is 5.56 Å². The molecule has 1 aliphatic heterocycles. The number of hydrogen-bond donors (Lipinski definition) is 1. The van der Waals surface area contributed by atoms with Crippen LogP contribution in [0, 0.1) is 11.6 Å².